The van der Waals surface area contributed by atoms with E-state index in [1.165, 1.54) is 0 Å². The maximum absolute atomic E-state index is 6.13. The maximum Gasteiger partial charge on any atom is 0.241 e. The van der Waals surface area contributed by atoms with Crippen LogP contribution in [0.4, 0.5) is 0 Å². The Bertz CT molecular complexity index is 558. The molecule has 0 radical (unpaired) electrons. The van der Waals surface area contributed by atoms with Gasteiger partial charge in [0.2, 0.25) is 14.1 Å². The van der Waals surface area contributed by atoms with Crippen molar-refractivity contribution in [2.75, 3.05) is 21.3 Å². The van der Waals surface area contributed by atoms with Crippen molar-refractivity contribution in [3.63, 3.8) is 0 Å². The minimum absolute atomic E-state index is 0.654. The minimum Gasteiger partial charge on any atom is -0.547 e. The molecule has 1 aliphatic rings. The van der Waals surface area contributed by atoms with Gasteiger partial charge in [-0.3, -0.25) is 0 Å². The lowest BCUT2D eigenvalue weighted by molar-refractivity contribution is 0.321. The minimum atomic E-state index is -1.58. The molecule has 0 atom stereocenters. The van der Waals surface area contributed by atoms with Crippen LogP contribution in [0.25, 0.3) is 6.08 Å². The summed E-state index contributed by atoms with van der Waals surface area (Å²) >= 11 is 0. The number of ether oxygens (including phenoxy) is 3. The van der Waals surface area contributed by atoms with Crippen molar-refractivity contribution in [1.29, 1.82) is 0 Å². The lowest BCUT2D eigenvalue weighted by atomic mass is 9.94. The first-order valence-corrected chi connectivity index (χ1v) is 10.5. The Kier molecular flexibility index (Phi) is 4.51. The summed E-state index contributed by atoms with van der Waals surface area (Å²) in [4.78, 5) is 0. The van der Waals surface area contributed by atoms with Gasteiger partial charge < -0.3 is 18.6 Å². The fraction of sp³-hybridized carbons (Fsp3) is 0.500. The van der Waals surface area contributed by atoms with Crippen LogP contribution < -0.4 is 14.2 Å². The zero-order chi connectivity index (χ0) is 15.6. The maximum atomic E-state index is 6.13. The predicted octanol–water partition coefficient (Wildman–Crippen LogP) is 3.85. The Morgan fingerprint density at radius 2 is 1.57 bits per heavy atom. The summed E-state index contributed by atoms with van der Waals surface area (Å²) in [6.45, 7) is 6.58. The molecule has 0 spiro atoms. The van der Waals surface area contributed by atoms with Gasteiger partial charge in [0.15, 0.2) is 11.5 Å². The molecule has 0 saturated carbocycles. The molecule has 0 bridgehead atoms. The summed E-state index contributed by atoms with van der Waals surface area (Å²) in [5.74, 6) is 3.14. The van der Waals surface area contributed by atoms with Crippen LogP contribution in [0.2, 0.25) is 19.6 Å². The van der Waals surface area contributed by atoms with Crippen molar-refractivity contribution in [2.24, 2.45) is 0 Å². The van der Waals surface area contributed by atoms with Crippen LogP contribution in [0, 0.1) is 0 Å². The second-order valence-corrected chi connectivity index (χ2v) is 10.5. The normalized spacial score (nSPS) is 14.1. The van der Waals surface area contributed by atoms with Gasteiger partial charge in [-0.15, -0.1) is 0 Å². The van der Waals surface area contributed by atoms with Gasteiger partial charge in [-0.2, -0.15) is 0 Å². The predicted molar refractivity (Wildman–Crippen MR) is 86.8 cm³/mol. The number of allylic oxidation sites excluding steroid dienone is 1. The standard InChI is InChI=1S/C16H24O4Si/c1-17-14-10-11-9-12(20-21(4,5)6)7-8-13(11)15(18-2)16(14)19-3/h9-10H,7-8H2,1-6H3. The summed E-state index contributed by atoms with van der Waals surface area (Å²) in [6.07, 6.45) is 3.87. The average Bonchev–Trinajstić information content (AvgIpc) is 2.42. The van der Waals surface area contributed by atoms with Gasteiger partial charge in [-0.05, 0) is 43.8 Å². The molecule has 0 heterocycles. The Hall–Kier alpha value is -1.62. The first-order valence-electron chi connectivity index (χ1n) is 7.11. The topological polar surface area (TPSA) is 36.9 Å². The molecule has 0 aromatic heterocycles. The van der Waals surface area contributed by atoms with Crippen LogP contribution in [0.15, 0.2) is 11.8 Å². The van der Waals surface area contributed by atoms with Crippen LogP contribution in [0.1, 0.15) is 17.5 Å². The van der Waals surface area contributed by atoms with Crippen molar-refractivity contribution < 1.29 is 18.6 Å². The molecule has 4 nitrogen and oxygen atoms in total. The molecule has 0 aliphatic heterocycles. The van der Waals surface area contributed by atoms with E-state index in [0.29, 0.717) is 11.5 Å². The molecule has 1 aliphatic carbocycles. The molecule has 0 fully saturated rings. The number of methoxy groups -OCH3 is 3. The quantitative estimate of drug-likeness (QED) is 0.774. The molecule has 0 amide bonds. The second kappa shape index (κ2) is 6.01. The van der Waals surface area contributed by atoms with Crippen molar-refractivity contribution in [1.82, 2.24) is 0 Å². The van der Waals surface area contributed by atoms with E-state index in [4.69, 9.17) is 18.6 Å². The molecule has 0 N–H and O–H groups in total. The van der Waals surface area contributed by atoms with E-state index < -0.39 is 8.32 Å². The van der Waals surface area contributed by atoms with Crippen molar-refractivity contribution in [3.8, 4) is 17.2 Å². The van der Waals surface area contributed by atoms with Crippen LogP contribution >= 0.6 is 0 Å². The number of fused-ring (bicyclic) bond motifs is 1. The molecular formula is C16H24O4Si. The zero-order valence-corrected chi connectivity index (χ0v) is 14.7. The first-order chi connectivity index (χ1) is 9.89. The van der Waals surface area contributed by atoms with Crippen LogP contribution in [-0.2, 0) is 10.8 Å². The summed E-state index contributed by atoms with van der Waals surface area (Å²) < 4.78 is 22.5. The number of benzene rings is 1. The van der Waals surface area contributed by atoms with Crippen LogP contribution in [-0.4, -0.2) is 29.6 Å². The first kappa shape index (κ1) is 15.8. The Labute approximate surface area is 127 Å². The molecule has 1 aromatic carbocycles. The third-order valence-electron chi connectivity index (χ3n) is 3.34. The summed E-state index contributed by atoms with van der Waals surface area (Å²) in [7, 11) is 3.34. The van der Waals surface area contributed by atoms with Crippen LogP contribution in [0.3, 0.4) is 0 Å². The van der Waals surface area contributed by atoms with E-state index in [-0.39, 0.29) is 0 Å². The largest absolute Gasteiger partial charge is 0.547 e. The number of rotatable bonds is 5. The third-order valence-corrected chi connectivity index (χ3v) is 4.22. The van der Waals surface area contributed by atoms with Gasteiger partial charge in [0, 0.05) is 12.0 Å². The zero-order valence-electron chi connectivity index (χ0n) is 13.7. The molecule has 2 rings (SSSR count). The van der Waals surface area contributed by atoms with Gasteiger partial charge >= 0.3 is 0 Å². The molecule has 1 aromatic rings. The molecular weight excluding hydrogens is 284 g/mol. The third kappa shape index (κ3) is 3.35. The molecule has 0 saturated heterocycles. The summed E-state index contributed by atoms with van der Waals surface area (Å²) in [5, 5.41) is 0. The van der Waals surface area contributed by atoms with Crippen molar-refractivity contribution in [3.05, 3.63) is 23.0 Å². The van der Waals surface area contributed by atoms with Gasteiger partial charge in [0.25, 0.3) is 0 Å². The van der Waals surface area contributed by atoms with E-state index in [0.717, 1.165) is 35.5 Å². The van der Waals surface area contributed by atoms with E-state index in [1.54, 1.807) is 21.3 Å². The molecule has 21 heavy (non-hydrogen) atoms. The summed E-state index contributed by atoms with van der Waals surface area (Å²) in [5.41, 5.74) is 2.24. The second-order valence-electron chi connectivity index (χ2n) is 6.04. The highest BCUT2D eigenvalue weighted by atomic mass is 28.4. The van der Waals surface area contributed by atoms with Gasteiger partial charge in [-0.1, -0.05) is 0 Å². The lowest BCUT2D eigenvalue weighted by Crippen LogP contribution is -2.25. The van der Waals surface area contributed by atoms with E-state index in [9.17, 15) is 0 Å². The highest BCUT2D eigenvalue weighted by Crippen LogP contribution is 2.45. The Morgan fingerprint density at radius 1 is 0.905 bits per heavy atom. The lowest BCUT2D eigenvalue weighted by Gasteiger charge is -2.26. The number of hydrogen-bond donors (Lipinski definition) is 0. The van der Waals surface area contributed by atoms with Crippen molar-refractivity contribution in [2.45, 2.75) is 32.5 Å². The Balaban J connectivity index is 2.49. The Morgan fingerprint density at radius 3 is 2.10 bits per heavy atom. The SMILES string of the molecule is COc1cc2c(c(OC)c1OC)CCC(O[Si](C)(C)C)=C2. The molecule has 5 heteroatoms. The fourth-order valence-corrected chi connectivity index (χ4v) is 3.54. The van der Waals surface area contributed by atoms with Gasteiger partial charge in [0.05, 0.1) is 27.1 Å². The smallest absolute Gasteiger partial charge is 0.241 e. The highest BCUT2D eigenvalue weighted by Gasteiger charge is 2.25. The molecule has 116 valence electrons. The van der Waals surface area contributed by atoms with E-state index in [2.05, 4.69) is 25.7 Å². The number of hydrogen-bond acceptors (Lipinski definition) is 4. The van der Waals surface area contributed by atoms with Gasteiger partial charge in [0.1, 0.15) is 0 Å². The van der Waals surface area contributed by atoms with Crippen LogP contribution in [0.5, 0.6) is 17.2 Å². The fourth-order valence-electron chi connectivity index (χ4n) is 2.59. The summed E-state index contributed by atoms with van der Waals surface area (Å²) in [6, 6.07) is 1.99. The van der Waals surface area contributed by atoms with Gasteiger partial charge in [-0.25, -0.2) is 0 Å². The highest BCUT2D eigenvalue weighted by molar-refractivity contribution is 6.70. The van der Waals surface area contributed by atoms with E-state index >= 15 is 0 Å². The molecule has 0 unspecified atom stereocenters. The van der Waals surface area contributed by atoms with Crippen molar-refractivity contribution >= 4 is 14.4 Å². The van der Waals surface area contributed by atoms with E-state index in [1.807, 2.05) is 6.07 Å². The monoisotopic (exact) mass is 308 g/mol. The average molecular weight is 308 g/mol.